The van der Waals surface area contributed by atoms with Crippen LogP contribution in [0.4, 0.5) is 4.79 Å². The van der Waals surface area contributed by atoms with E-state index < -0.39 is 11.5 Å². The Bertz CT molecular complexity index is 1350. The Labute approximate surface area is 221 Å². The average Bonchev–Trinajstić information content (AvgIpc) is 3.30. The molecule has 10 heteroatoms. The van der Waals surface area contributed by atoms with Crippen LogP contribution in [0.15, 0.2) is 34.9 Å². The normalized spacial score (nSPS) is 19.1. The Kier molecular flexibility index (Phi) is 7.25. The third-order valence-corrected chi connectivity index (χ3v) is 6.97. The first-order valence-corrected chi connectivity index (χ1v) is 13.2. The minimum Gasteiger partial charge on any atom is -0.492 e. The number of hydrogen-bond acceptors (Lipinski definition) is 8. The van der Waals surface area contributed by atoms with E-state index in [0.717, 1.165) is 34.7 Å². The van der Waals surface area contributed by atoms with Crippen LogP contribution in [0.5, 0.6) is 5.75 Å². The highest BCUT2D eigenvalue weighted by Crippen LogP contribution is 2.36. The summed E-state index contributed by atoms with van der Waals surface area (Å²) in [6.07, 6.45) is 2.20. The highest BCUT2D eigenvalue weighted by Gasteiger charge is 2.32. The maximum atomic E-state index is 12.4. The summed E-state index contributed by atoms with van der Waals surface area (Å²) >= 11 is 0. The number of imide groups is 1. The average molecular weight is 523 g/mol. The molecule has 3 heterocycles. The van der Waals surface area contributed by atoms with Gasteiger partial charge in [0.05, 0.1) is 11.3 Å². The summed E-state index contributed by atoms with van der Waals surface area (Å²) in [6, 6.07) is 9.95. The van der Waals surface area contributed by atoms with Gasteiger partial charge in [-0.15, -0.1) is 0 Å². The molecule has 2 aliphatic rings. The van der Waals surface area contributed by atoms with E-state index in [1.54, 1.807) is 4.90 Å². The summed E-state index contributed by atoms with van der Waals surface area (Å²) in [6.45, 7) is 8.19. The molecular weight excluding hydrogens is 488 g/mol. The molecule has 3 amide bonds. The molecule has 2 aromatic carbocycles. The molecule has 1 unspecified atom stereocenters. The van der Waals surface area contributed by atoms with E-state index >= 15 is 0 Å². The smallest absolute Gasteiger partial charge is 0.410 e. The summed E-state index contributed by atoms with van der Waals surface area (Å²) < 4.78 is 17.0. The van der Waals surface area contributed by atoms with Crippen LogP contribution in [0.1, 0.15) is 58.1 Å². The standard InChI is InChI=1S/C28H34N4O6/c1-28(2,3)37-27(35)32-13-10-18(11-14-32)29-12-15-36-19-5-6-20-17(16-19)4-8-22-24(20)25(31-38-22)21-7-9-23(33)30-26(21)34/h4-6,8,16,18,21,29H,7,9-15H2,1-3H3,(H,30,33,34). The number of benzene rings is 2. The number of likely N-dealkylation sites (tertiary alicyclic amines) is 1. The van der Waals surface area contributed by atoms with Crippen LogP contribution in [0.25, 0.3) is 21.7 Å². The second-order valence-electron chi connectivity index (χ2n) is 10.9. The number of amides is 3. The molecule has 5 rings (SSSR count). The topological polar surface area (TPSA) is 123 Å². The summed E-state index contributed by atoms with van der Waals surface area (Å²) in [5.41, 5.74) is 0.683. The molecular formula is C28H34N4O6. The monoisotopic (exact) mass is 522 g/mol. The van der Waals surface area contributed by atoms with Crippen molar-refractivity contribution in [1.29, 1.82) is 0 Å². The fourth-order valence-corrected chi connectivity index (χ4v) is 5.08. The summed E-state index contributed by atoms with van der Waals surface area (Å²) in [4.78, 5) is 38.0. The first-order chi connectivity index (χ1) is 18.2. The van der Waals surface area contributed by atoms with Gasteiger partial charge < -0.3 is 24.2 Å². The van der Waals surface area contributed by atoms with E-state index in [2.05, 4.69) is 15.8 Å². The Morgan fingerprint density at radius 3 is 2.68 bits per heavy atom. The summed E-state index contributed by atoms with van der Waals surface area (Å²) in [7, 11) is 0. The van der Waals surface area contributed by atoms with Gasteiger partial charge in [-0.25, -0.2) is 4.79 Å². The number of carbonyl (C=O) groups excluding carboxylic acids is 3. The van der Waals surface area contributed by atoms with E-state index in [1.807, 2.05) is 51.1 Å². The van der Waals surface area contributed by atoms with Crippen molar-refractivity contribution in [2.75, 3.05) is 26.2 Å². The van der Waals surface area contributed by atoms with Crippen molar-refractivity contribution >= 4 is 39.6 Å². The lowest BCUT2D eigenvalue weighted by molar-refractivity contribution is -0.134. The van der Waals surface area contributed by atoms with Crippen molar-refractivity contribution < 1.29 is 28.4 Å². The zero-order valence-electron chi connectivity index (χ0n) is 22.0. The lowest BCUT2D eigenvalue weighted by Gasteiger charge is -2.33. The molecule has 0 spiro atoms. The summed E-state index contributed by atoms with van der Waals surface area (Å²) in [5.74, 6) is -0.363. The molecule has 2 fully saturated rings. The fraction of sp³-hybridized carbons (Fsp3) is 0.500. The van der Waals surface area contributed by atoms with Crippen LogP contribution < -0.4 is 15.4 Å². The van der Waals surface area contributed by atoms with Gasteiger partial charge in [0, 0.05) is 32.1 Å². The maximum Gasteiger partial charge on any atom is 0.410 e. The number of nitrogens with one attached hydrogen (secondary N) is 2. The highest BCUT2D eigenvalue weighted by molar-refractivity contribution is 6.10. The zero-order valence-corrected chi connectivity index (χ0v) is 22.0. The fourth-order valence-electron chi connectivity index (χ4n) is 5.08. The van der Waals surface area contributed by atoms with Crippen LogP contribution in [0.2, 0.25) is 0 Å². The molecule has 0 saturated carbocycles. The largest absolute Gasteiger partial charge is 0.492 e. The lowest BCUT2D eigenvalue weighted by Crippen LogP contribution is -2.47. The van der Waals surface area contributed by atoms with Crippen molar-refractivity contribution in [1.82, 2.24) is 20.7 Å². The van der Waals surface area contributed by atoms with E-state index in [1.165, 1.54) is 0 Å². The second kappa shape index (κ2) is 10.6. The Morgan fingerprint density at radius 1 is 1.16 bits per heavy atom. The third kappa shape index (κ3) is 5.75. The number of piperidine rings is 2. The molecule has 2 saturated heterocycles. The molecule has 1 atom stereocenters. The third-order valence-electron chi connectivity index (χ3n) is 6.97. The van der Waals surface area contributed by atoms with Gasteiger partial charge in [0.1, 0.15) is 23.7 Å². The minimum absolute atomic E-state index is 0.247. The second-order valence-corrected chi connectivity index (χ2v) is 10.9. The number of hydrogen-bond donors (Lipinski definition) is 2. The first kappa shape index (κ1) is 26.0. The molecule has 10 nitrogen and oxygen atoms in total. The van der Waals surface area contributed by atoms with Gasteiger partial charge in [-0.05, 0) is 75.1 Å². The molecule has 0 bridgehead atoms. The van der Waals surface area contributed by atoms with Crippen molar-refractivity contribution in [3.05, 3.63) is 36.0 Å². The highest BCUT2D eigenvalue weighted by atomic mass is 16.6. The number of nitrogens with zero attached hydrogens (tertiary/aromatic N) is 2. The Balaban J connectivity index is 1.16. The molecule has 0 aliphatic carbocycles. The van der Waals surface area contributed by atoms with Crippen molar-refractivity contribution in [3.63, 3.8) is 0 Å². The number of aromatic nitrogens is 1. The van der Waals surface area contributed by atoms with Crippen LogP contribution in [-0.4, -0.2) is 65.8 Å². The molecule has 1 aromatic heterocycles. The molecule has 202 valence electrons. The number of carbonyl (C=O) groups is 3. The van der Waals surface area contributed by atoms with Crippen molar-refractivity contribution in [2.45, 2.75) is 64.0 Å². The number of ether oxygens (including phenoxy) is 2. The van der Waals surface area contributed by atoms with Gasteiger partial charge in [-0.1, -0.05) is 11.2 Å². The number of rotatable bonds is 6. The van der Waals surface area contributed by atoms with Gasteiger partial charge in [0.2, 0.25) is 11.8 Å². The van der Waals surface area contributed by atoms with Crippen molar-refractivity contribution in [3.8, 4) is 5.75 Å². The van der Waals surface area contributed by atoms with Gasteiger partial charge in [0.15, 0.2) is 5.58 Å². The van der Waals surface area contributed by atoms with E-state index in [0.29, 0.717) is 50.0 Å². The van der Waals surface area contributed by atoms with Crippen LogP contribution in [0.3, 0.4) is 0 Å². The Morgan fingerprint density at radius 2 is 1.95 bits per heavy atom. The predicted molar refractivity (Wildman–Crippen MR) is 141 cm³/mol. The molecule has 2 N–H and O–H groups in total. The first-order valence-electron chi connectivity index (χ1n) is 13.2. The van der Waals surface area contributed by atoms with Crippen LogP contribution in [-0.2, 0) is 14.3 Å². The van der Waals surface area contributed by atoms with Gasteiger partial charge in [-0.2, -0.15) is 0 Å². The maximum absolute atomic E-state index is 12.4. The minimum atomic E-state index is -0.516. The summed E-state index contributed by atoms with van der Waals surface area (Å²) in [5, 5.41) is 12.8. The molecule has 0 radical (unpaired) electrons. The van der Waals surface area contributed by atoms with Gasteiger partial charge in [0.25, 0.3) is 0 Å². The van der Waals surface area contributed by atoms with Gasteiger partial charge >= 0.3 is 6.09 Å². The Hall–Kier alpha value is -3.66. The molecule has 3 aromatic rings. The van der Waals surface area contributed by atoms with Gasteiger partial charge in [-0.3, -0.25) is 14.9 Å². The number of fused-ring (bicyclic) bond motifs is 3. The molecule has 38 heavy (non-hydrogen) atoms. The lowest BCUT2D eigenvalue weighted by atomic mass is 9.91. The quantitative estimate of drug-likeness (QED) is 0.370. The van der Waals surface area contributed by atoms with Crippen LogP contribution in [0, 0.1) is 0 Å². The zero-order chi connectivity index (χ0) is 26.9. The predicted octanol–water partition coefficient (Wildman–Crippen LogP) is 3.87. The van der Waals surface area contributed by atoms with E-state index in [9.17, 15) is 14.4 Å². The van der Waals surface area contributed by atoms with E-state index in [4.69, 9.17) is 14.0 Å². The van der Waals surface area contributed by atoms with Crippen molar-refractivity contribution in [2.24, 2.45) is 0 Å². The SMILES string of the molecule is CC(C)(C)OC(=O)N1CCC(NCCOc2ccc3c(ccc4onc(C5CCC(=O)NC5=O)c43)c2)CC1. The molecule has 2 aliphatic heterocycles. The van der Waals surface area contributed by atoms with E-state index in [-0.39, 0.29) is 24.3 Å². The van der Waals surface area contributed by atoms with Crippen LogP contribution >= 0.6 is 0 Å².